The topological polar surface area (TPSA) is 0 Å². The molecule has 0 fully saturated rings. The molecule has 1 atom stereocenters. The van der Waals surface area contributed by atoms with Gasteiger partial charge in [0.05, 0.1) is 0 Å². The van der Waals surface area contributed by atoms with E-state index in [1.165, 1.54) is 19.3 Å². The SMILES string of the molecule is CC(C)(C)C1CC=[C+]CC1.F[B-](F)(F)F. The van der Waals surface area contributed by atoms with E-state index in [1.807, 2.05) is 0 Å². The predicted molar refractivity (Wildman–Crippen MR) is 54.8 cm³/mol. The van der Waals surface area contributed by atoms with Crippen LogP contribution in [0.4, 0.5) is 17.3 Å². The lowest BCUT2D eigenvalue weighted by atomic mass is 9.74. The summed E-state index contributed by atoms with van der Waals surface area (Å²) in [7, 11) is -6.00. The van der Waals surface area contributed by atoms with Crippen LogP contribution in [0.3, 0.4) is 0 Å². The zero-order valence-corrected chi connectivity index (χ0v) is 9.37. The molecule has 0 aliphatic heterocycles. The molecule has 1 unspecified atom stereocenters. The fraction of sp³-hybridized carbons (Fsp3) is 0.800. The van der Waals surface area contributed by atoms with Gasteiger partial charge in [-0.05, 0) is 11.3 Å². The second-order valence-corrected chi connectivity index (χ2v) is 4.74. The van der Waals surface area contributed by atoms with Crippen molar-refractivity contribution in [3.63, 3.8) is 0 Å². The molecule has 15 heavy (non-hydrogen) atoms. The summed E-state index contributed by atoms with van der Waals surface area (Å²) >= 11 is 0. The molecule has 0 saturated heterocycles. The minimum atomic E-state index is -6.00. The molecule has 0 spiro atoms. The Balaban J connectivity index is 0.000000336. The van der Waals surface area contributed by atoms with Crippen molar-refractivity contribution in [1.82, 2.24) is 0 Å². The Hall–Kier alpha value is -0.565. The third-order valence-electron chi connectivity index (χ3n) is 2.41. The van der Waals surface area contributed by atoms with Crippen LogP contribution in [-0.2, 0) is 0 Å². The molecule has 1 aliphatic rings. The number of hydrogen-bond acceptors (Lipinski definition) is 0. The molecule has 0 amide bonds. The second kappa shape index (κ2) is 5.50. The number of hydrogen-bond donors (Lipinski definition) is 0. The monoisotopic (exact) mass is 224 g/mol. The molecule has 0 saturated carbocycles. The van der Waals surface area contributed by atoms with Gasteiger partial charge in [0.2, 0.25) is 6.08 Å². The van der Waals surface area contributed by atoms with E-state index in [9.17, 15) is 17.3 Å². The maximum atomic E-state index is 9.75. The Bertz CT molecular complexity index is 196. The molecular formula is C10H17BF4. The standard InChI is InChI=1S/C10H17.BF4/c1-10(2,3)9-7-5-4-6-8-9;2-1(3,4)5/h5,9H,6-8H2,1-3H3;/q+1;-1. The summed E-state index contributed by atoms with van der Waals surface area (Å²) in [6, 6.07) is 0. The van der Waals surface area contributed by atoms with Crippen LogP contribution >= 0.6 is 0 Å². The Morgan fingerprint density at radius 3 is 1.87 bits per heavy atom. The first kappa shape index (κ1) is 14.4. The lowest BCUT2D eigenvalue weighted by molar-refractivity contribution is 0.222. The number of allylic oxidation sites excluding steroid dienone is 2. The van der Waals surface area contributed by atoms with Crippen molar-refractivity contribution in [2.24, 2.45) is 11.3 Å². The van der Waals surface area contributed by atoms with Crippen LogP contribution < -0.4 is 0 Å². The van der Waals surface area contributed by atoms with Gasteiger partial charge in [-0.15, -0.1) is 0 Å². The van der Waals surface area contributed by atoms with Crippen LogP contribution in [0.2, 0.25) is 0 Å². The molecule has 1 rings (SSSR count). The summed E-state index contributed by atoms with van der Waals surface area (Å²) in [5, 5.41) is 0. The molecular weight excluding hydrogens is 207 g/mol. The van der Waals surface area contributed by atoms with E-state index >= 15 is 0 Å². The summed E-state index contributed by atoms with van der Waals surface area (Å²) in [5.74, 6) is 0.883. The summed E-state index contributed by atoms with van der Waals surface area (Å²) in [4.78, 5) is 0. The smallest absolute Gasteiger partial charge is 0.418 e. The highest BCUT2D eigenvalue weighted by Gasteiger charge is 2.27. The Labute approximate surface area is 88.9 Å². The normalized spacial score (nSPS) is 21.4. The third kappa shape index (κ3) is 9.73. The van der Waals surface area contributed by atoms with E-state index in [-0.39, 0.29) is 0 Å². The minimum Gasteiger partial charge on any atom is -0.418 e. The molecule has 0 N–H and O–H groups in total. The molecule has 0 nitrogen and oxygen atoms in total. The average molecular weight is 224 g/mol. The van der Waals surface area contributed by atoms with Crippen molar-refractivity contribution in [2.45, 2.75) is 40.0 Å². The summed E-state index contributed by atoms with van der Waals surface area (Å²) < 4.78 is 39.0. The molecule has 88 valence electrons. The van der Waals surface area contributed by atoms with Gasteiger partial charge in [0.15, 0.2) is 12.5 Å². The van der Waals surface area contributed by atoms with Gasteiger partial charge in [-0.25, -0.2) is 0 Å². The lowest BCUT2D eigenvalue weighted by Crippen LogP contribution is -2.21. The van der Waals surface area contributed by atoms with E-state index in [1.54, 1.807) is 0 Å². The van der Waals surface area contributed by atoms with Gasteiger partial charge < -0.3 is 17.3 Å². The fourth-order valence-electron chi connectivity index (χ4n) is 1.49. The van der Waals surface area contributed by atoms with E-state index in [2.05, 4.69) is 32.9 Å². The van der Waals surface area contributed by atoms with Crippen molar-refractivity contribution in [3.05, 3.63) is 12.2 Å². The molecule has 0 bridgehead atoms. The van der Waals surface area contributed by atoms with Crippen molar-refractivity contribution in [3.8, 4) is 0 Å². The number of rotatable bonds is 0. The first-order chi connectivity index (χ1) is 6.61. The summed E-state index contributed by atoms with van der Waals surface area (Å²) in [6.45, 7) is 6.99. The lowest BCUT2D eigenvalue weighted by Gasteiger charge is -2.28. The maximum Gasteiger partial charge on any atom is 0.673 e. The van der Waals surface area contributed by atoms with E-state index in [0.717, 1.165) is 5.92 Å². The first-order valence-corrected chi connectivity index (χ1v) is 5.03. The van der Waals surface area contributed by atoms with Crippen molar-refractivity contribution >= 4 is 7.25 Å². The fourth-order valence-corrected chi connectivity index (χ4v) is 1.49. The Morgan fingerprint density at radius 1 is 1.20 bits per heavy atom. The second-order valence-electron chi connectivity index (χ2n) is 4.74. The van der Waals surface area contributed by atoms with E-state index in [0.29, 0.717) is 5.41 Å². The zero-order valence-electron chi connectivity index (χ0n) is 9.37. The molecule has 0 aromatic carbocycles. The number of halogens is 4. The van der Waals surface area contributed by atoms with Gasteiger partial charge >= 0.3 is 7.25 Å². The molecule has 0 heterocycles. The Morgan fingerprint density at radius 2 is 1.67 bits per heavy atom. The zero-order chi connectivity index (χ0) is 12.1. The van der Waals surface area contributed by atoms with Crippen LogP contribution in [0, 0.1) is 17.4 Å². The predicted octanol–water partition coefficient (Wildman–Crippen LogP) is 4.49. The molecule has 5 heteroatoms. The van der Waals surface area contributed by atoms with Crippen LogP contribution in [0.5, 0.6) is 0 Å². The molecule has 0 aromatic heterocycles. The highest BCUT2D eigenvalue weighted by molar-refractivity contribution is 6.50. The van der Waals surface area contributed by atoms with Gasteiger partial charge in [-0.2, -0.15) is 0 Å². The summed E-state index contributed by atoms with van der Waals surface area (Å²) in [5.41, 5.74) is 0.499. The molecule has 0 aromatic rings. The van der Waals surface area contributed by atoms with Gasteiger partial charge in [0.25, 0.3) is 0 Å². The quantitative estimate of drug-likeness (QED) is 0.323. The maximum absolute atomic E-state index is 9.75. The van der Waals surface area contributed by atoms with Gasteiger partial charge in [-0.1, -0.05) is 20.8 Å². The largest absolute Gasteiger partial charge is 0.673 e. The highest BCUT2D eigenvalue weighted by atomic mass is 19.5. The molecule has 0 radical (unpaired) electrons. The van der Waals surface area contributed by atoms with Crippen LogP contribution in [-0.4, -0.2) is 7.25 Å². The van der Waals surface area contributed by atoms with Crippen LogP contribution in [0.1, 0.15) is 40.0 Å². The van der Waals surface area contributed by atoms with E-state index in [4.69, 9.17) is 0 Å². The van der Waals surface area contributed by atoms with Crippen molar-refractivity contribution in [1.29, 1.82) is 0 Å². The van der Waals surface area contributed by atoms with Crippen LogP contribution in [0.15, 0.2) is 6.08 Å². The first-order valence-electron chi connectivity index (χ1n) is 5.03. The van der Waals surface area contributed by atoms with Crippen molar-refractivity contribution < 1.29 is 17.3 Å². The average Bonchev–Trinajstić information content (AvgIpc) is 2.01. The van der Waals surface area contributed by atoms with Gasteiger partial charge in [-0.3, -0.25) is 0 Å². The van der Waals surface area contributed by atoms with E-state index < -0.39 is 7.25 Å². The van der Waals surface area contributed by atoms with Gasteiger partial charge in [0.1, 0.15) is 0 Å². The highest BCUT2D eigenvalue weighted by Crippen LogP contribution is 2.34. The van der Waals surface area contributed by atoms with Gasteiger partial charge in [0, 0.05) is 12.8 Å². The van der Waals surface area contributed by atoms with Crippen molar-refractivity contribution in [2.75, 3.05) is 0 Å². The molecule has 1 aliphatic carbocycles. The van der Waals surface area contributed by atoms with Crippen LogP contribution in [0.25, 0.3) is 0 Å². The summed E-state index contributed by atoms with van der Waals surface area (Å²) in [6.07, 6.45) is 9.21. The Kier molecular flexibility index (Phi) is 5.29. The third-order valence-corrected chi connectivity index (χ3v) is 2.41. The minimum absolute atomic E-state index is 0.499.